The number of aliphatic hydroxyl groups is 1. The smallest absolute Gasteiger partial charge is 0.410 e. The summed E-state index contributed by atoms with van der Waals surface area (Å²) in [6.45, 7) is 5.45. The summed E-state index contributed by atoms with van der Waals surface area (Å²) in [5.74, 6) is 0.262. The Morgan fingerprint density at radius 3 is 2.50 bits per heavy atom. The highest BCUT2D eigenvalue weighted by molar-refractivity contribution is 6.30. The van der Waals surface area contributed by atoms with Crippen molar-refractivity contribution in [3.8, 4) is 11.5 Å². The number of carbonyl (C=O) groups is 3. The Morgan fingerprint density at radius 1 is 1.05 bits per heavy atom. The molecule has 0 unspecified atom stereocenters. The van der Waals surface area contributed by atoms with Crippen molar-refractivity contribution in [2.75, 3.05) is 26.0 Å². The first kappa shape index (κ1) is 32.6. The average Bonchev–Trinajstić information content (AvgIpc) is 2.97. The van der Waals surface area contributed by atoms with E-state index in [1.807, 2.05) is 18.2 Å². The second-order valence-corrected chi connectivity index (χ2v) is 12.0. The van der Waals surface area contributed by atoms with Crippen molar-refractivity contribution in [1.29, 1.82) is 0 Å². The summed E-state index contributed by atoms with van der Waals surface area (Å²) in [4.78, 5) is 39.2. The van der Waals surface area contributed by atoms with Gasteiger partial charge in [-0.05, 0) is 93.1 Å². The third kappa shape index (κ3) is 8.64. The number of anilines is 1. The van der Waals surface area contributed by atoms with Crippen molar-refractivity contribution in [3.05, 3.63) is 87.9 Å². The van der Waals surface area contributed by atoms with Gasteiger partial charge < -0.3 is 34.9 Å². The summed E-state index contributed by atoms with van der Waals surface area (Å²) in [6.07, 6.45) is 0.446. The molecule has 0 aromatic heterocycles. The molecule has 3 aromatic rings. The minimum Gasteiger partial charge on any atom is -0.465 e. The number of nitrogens with one attached hydrogen (secondary N) is 2. The lowest BCUT2D eigenvalue weighted by atomic mass is 9.87. The van der Waals surface area contributed by atoms with Crippen LogP contribution in [-0.4, -0.2) is 60.4 Å². The van der Waals surface area contributed by atoms with Gasteiger partial charge >= 0.3 is 18.1 Å². The van der Waals surface area contributed by atoms with Crippen LogP contribution < -0.4 is 15.4 Å². The van der Waals surface area contributed by atoms with E-state index in [-0.39, 0.29) is 18.2 Å². The molecule has 0 bridgehead atoms. The molecule has 0 radical (unpaired) electrons. The highest BCUT2D eigenvalue weighted by Gasteiger charge is 2.33. The van der Waals surface area contributed by atoms with Crippen molar-refractivity contribution in [1.82, 2.24) is 10.2 Å². The van der Waals surface area contributed by atoms with Gasteiger partial charge in [0.1, 0.15) is 17.1 Å². The maximum absolute atomic E-state index is 13.4. The molecule has 0 saturated heterocycles. The van der Waals surface area contributed by atoms with Crippen LogP contribution in [0.25, 0.3) is 0 Å². The van der Waals surface area contributed by atoms with E-state index in [0.717, 1.165) is 11.1 Å². The number of hydrogen-bond acceptors (Lipinski definition) is 7. The van der Waals surface area contributed by atoms with Gasteiger partial charge in [-0.15, -0.1) is 0 Å². The van der Waals surface area contributed by atoms with Crippen LogP contribution in [-0.2, 0) is 22.3 Å². The second-order valence-electron chi connectivity index (χ2n) is 11.6. The van der Waals surface area contributed by atoms with E-state index in [1.165, 1.54) is 26.3 Å². The fourth-order valence-electron chi connectivity index (χ4n) is 5.04. The lowest BCUT2D eigenvalue weighted by Crippen LogP contribution is -2.47. The number of methoxy groups -OCH3 is 1. The first-order chi connectivity index (χ1) is 20.8. The maximum atomic E-state index is 13.4. The summed E-state index contributed by atoms with van der Waals surface area (Å²) in [6, 6.07) is 16.6. The number of urea groups is 1. The average molecular weight is 624 g/mol. The molecule has 11 heteroatoms. The Labute approximate surface area is 262 Å². The number of aryl methyl sites for hydroxylation is 1. The quantitative estimate of drug-likeness (QED) is 0.245. The Morgan fingerprint density at radius 2 is 1.82 bits per heavy atom. The number of ether oxygens (including phenoxy) is 3. The van der Waals surface area contributed by atoms with Gasteiger partial charge in [-0.25, -0.2) is 14.4 Å². The molecule has 3 amide bonds. The van der Waals surface area contributed by atoms with E-state index in [1.54, 1.807) is 56.0 Å². The number of benzene rings is 3. The van der Waals surface area contributed by atoms with E-state index in [2.05, 4.69) is 10.6 Å². The number of fused-ring (bicyclic) bond motifs is 1. The monoisotopic (exact) mass is 623 g/mol. The van der Waals surface area contributed by atoms with Gasteiger partial charge in [-0.3, -0.25) is 0 Å². The normalized spacial score (nSPS) is 14.9. The SMILES string of the molecule is CNC(=O)Nc1cc(Oc2ccc3c(c2)C[C@@H](N(C[C@@H](O)c2cccc(Cl)c2)C(=O)OC(C)(C)C)CC3)cc(C(=O)OC)c1. The standard InChI is InChI=1S/C33H38ClN3O7/c1-33(2,3)44-32(41)37(19-29(38)21-7-6-8-24(34)13-21)26-11-9-20-10-12-27(16-22(20)15-26)43-28-17-23(30(39)42-5)14-25(18-28)36-31(40)35-4/h6-8,10,12-14,16-18,26,29,38H,9,11,15,19H2,1-5H3,(H2,35,36,40)/t26-,29+/m0/s1. The zero-order valence-electron chi connectivity index (χ0n) is 25.5. The number of aliphatic hydroxyl groups excluding tert-OH is 1. The highest BCUT2D eigenvalue weighted by Crippen LogP contribution is 2.33. The van der Waals surface area contributed by atoms with Gasteiger partial charge in [0.05, 0.1) is 25.3 Å². The van der Waals surface area contributed by atoms with Crippen molar-refractivity contribution in [2.45, 2.75) is 57.8 Å². The summed E-state index contributed by atoms with van der Waals surface area (Å²) < 4.78 is 16.7. The minimum absolute atomic E-state index is 0.0346. The van der Waals surface area contributed by atoms with Gasteiger partial charge in [0.2, 0.25) is 0 Å². The third-order valence-electron chi connectivity index (χ3n) is 7.10. The van der Waals surface area contributed by atoms with Gasteiger partial charge in [0, 0.05) is 29.9 Å². The fraction of sp³-hybridized carbons (Fsp3) is 0.364. The van der Waals surface area contributed by atoms with Crippen molar-refractivity contribution >= 4 is 35.4 Å². The molecule has 0 fully saturated rings. The number of hydrogen-bond donors (Lipinski definition) is 3. The third-order valence-corrected chi connectivity index (χ3v) is 7.34. The van der Waals surface area contributed by atoms with Crippen LogP contribution in [0.1, 0.15) is 60.3 Å². The molecular formula is C33H38ClN3O7. The van der Waals surface area contributed by atoms with Gasteiger partial charge in [0.15, 0.2) is 0 Å². The molecule has 10 nitrogen and oxygen atoms in total. The number of amides is 3. The summed E-state index contributed by atoms with van der Waals surface area (Å²) in [7, 11) is 2.76. The van der Waals surface area contributed by atoms with Crippen molar-refractivity contribution in [3.63, 3.8) is 0 Å². The Balaban J connectivity index is 1.59. The lowest BCUT2D eigenvalue weighted by Gasteiger charge is -2.37. The van der Waals surface area contributed by atoms with Gasteiger partial charge in [-0.1, -0.05) is 29.8 Å². The number of carbonyl (C=O) groups excluding carboxylic acids is 3. The van der Waals surface area contributed by atoms with Crippen molar-refractivity contribution in [2.24, 2.45) is 0 Å². The highest BCUT2D eigenvalue weighted by atomic mass is 35.5. The largest absolute Gasteiger partial charge is 0.465 e. The summed E-state index contributed by atoms with van der Waals surface area (Å²) in [5, 5.41) is 16.7. The molecule has 4 rings (SSSR count). The van der Waals surface area contributed by atoms with Crippen LogP contribution in [0.15, 0.2) is 60.7 Å². The molecule has 0 saturated carbocycles. The number of halogens is 1. The molecule has 0 heterocycles. The van der Waals surface area contributed by atoms with E-state index in [9.17, 15) is 19.5 Å². The maximum Gasteiger partial charge on any atom is 0.410 e. The molecule has 3 aromatic carbocycles. The zero-order chi connectivity index (χ0) is 32.0. The Hall–Kier alpha value is -4.28. The summed E-state index contributed by atoms with van der Waals surface area (Å²) >= 11 is 6.15. The lowest BCUT2D eigenvalue weighted by molar-refractivity contribution is 0.00194. The predicted molar refractivity (Wildman–Crippen MR) is 168 cm³/mol. The van der Waals surface area contributed by atoms with E-state index in [4.69, 9.17) is 25.8 Å². The van der Waals surface area contributed by atoms with Crippen LogP contribution in [0.3, 0.4) is 0 Å². The van der Waals surface area contributed by atoms with Gasteiger partial charge in [-0.2, -0.15) is 0 Å². The molecule has 44 heavy (non-hydrogen) atoms. The molecular weight excluding hydrogens is 586 g/mol. The van der Waals surface area contributed by atoms with Gasteiger partial charge in [0.25, 0.3) is 0 Å². The minimum atomic E-state index is -0.961. The second kappa shape index (κ2) is 14.0. The van der Waals surface area contributed by atoms with Crippen LogP contribution in [0.2, 0.25) is 5.02 Å². The van der Waals surface area contributed by atoms with Crippen LogP contribution in [0.4, 0.5) is 15.3 Å². The van der Waals surface area contributed by atoms with E-state index < -0.39 is 29.8 Å². The first-order valence-electron chi connectivity index (χ1n) is 14.3. The van der Waals surface area contributed by atoms with Crippen LogP contribution in [0.5, 0.6) is 11.5 Å². The molecule has 2 atom stereocenters. The molecule has 0 spiro atoms. The molecule has 0 aliphatic heterocycles. The fourth-order valence-corrected chi connectivity index (χ4v) is 5.24. The van der Waals surface area contributed by atoms with Crippen LogP contribution >= 0.6 is 11.6 Å². The molecule has 234 valence electrons. The molecule has 1 aliphatic rings. The van der Waals surface area contributed by atoms with Crippen molar-refractivity contribution < 1.29 is 33.7 Å². The number of nitrogens with zero attached hydrogens (tertiary/aromatic N) is 1. The summed E-state index contributed by atoms with van der Waals surface area (Å²) in [5.41, 5.74) is 2.56. The zero-order valence-corrected chi connectivity index (χ0v) is 26.2. The first-order valence-corrected chi connectivity index (χ1v) is 14.7. The van der Waals surface area contributed by atoms with E-state index >= 15 is 0 Å². The van der Waals surface area contributed by atoms with E-state index in [0.29, 0.717) is 47.0 Å². The number of rotatable bonds is 8. The topological polar surface area (TPSA) is 126 Å². The Kier molecular flexibility index (Phi) is 10.4. The molecule has 3 N–H and O–H groups in total. The van der Waals surface area contributed by atoms with Crippen LogP contribution in [0, 0.1) is 0 Å². The molecule has 1 aliphatic carbocycles. The number of esters is 1. The predicted octanol–water partition coefficient (Wildman–Crippen LogP) is 6.50. The Bertz CT molecular complexity index is 1520.